The van der Waals surface area contributed by atoms with Gasteiger partial charge in [0.2, 0.25) is 0 Å². The van der Waals surface area contributed by atoms with Crippen molar-refractivity contribution in [3.8, 4) is 0 Å². The lowest BCUT2D eigenvalue weighted by molar-refractivity contribution is -0.147. The molecule has 0 aliphatic heterocycles. The molecule has 2 rings (SSSR count). The smallest absolute Gasteiger partial charge is 0.308 e. The molecule has 5 nitrogen and oxygen atoms in total. The van der Waals surface area contributed by atoms with Crippen LogP contribution in [0.1, 0.15) is 35.4 Å². The molecular weight excluding hydrogens is 284 g/mol. The Morgan fingerprint density at radius 2 is 1.95 bits per heavy atom. The van der Waals surface area contributed by atoms with Gasteiger partial charge in [-0.25, -0.2) is 0 Å². The summed E-state index contributed by atoms with van der Waals surface area (Å²) in [6, 6.07) is 10.6. The number of aliphatic hydroxyl groups is 2. The topological polar surface area (TPSA) is 83.8 Å². The van der Waals surface area contributed by atoms with Gasteiger partial charge >= 0.3 is 5.97 Å². The number of fused-ring (bicyclic) bond motifs is 1. The second-order valence-corrected chi connectivity index (χ2v) is 4.93. The average molecular weight is 302 g/mol. The van der Waals surface area contributed by atoms with Crippen molar-refractivity contribution in [3.63, 3.8) is 0 Å². The predicted molar refractivity (Wildman–Crippen MR) is 81.6 cm³/mol. The van der Waals surface area contributed by atoms with E-state index in [4.69, 9.17) is 4.74 Å². The Morgan fingerprint density at radius 3 is 2.64 bits per heavy atom. The quantitative estimate of drug-likeness (QED) is 0.630. The number of benzene rings is 2. The lowest BCUT2D eigenvalue weighted by atomic mass is 9.92. The minimum absolute atomic E-state index is 0.204. The minimum Gasteiger partial charge on any atom is -0.466 e. The summed E-state index contributed by atoms with van der Waals surface area (Å²) >= 11 is 0. The zero-order valence-corrected chi connectivity index (χ0v) is 12.2. The molecule has 2 aromatic carbocycles. The van der Waals surface area contributed by atoms with Gasteiger partial charge in [0.15, 0.2) is 0 Å². The number of aliphatic hydroxyl groups excluding tert-OH is 2. The zero-order valence-electron chi connectivity index (χ0n) is 12.2. The molecule has 0 saturated heterocycles. The predicted octanol–water partition coefficient (Wildman–Crippen LogP) is 2.00. The molecule has 2 atom stereocenters. The maximum atomic E-state index is 11.4. The largest absolute Gasteiger partial charge is 0.466 e. The van der Waals surface area contributed by atoms with Crippen LogP contribution < -0.4 is 0 Å². The summed E-state index contributed by atoms with van der Waals surface area (Å²) in [5.41, 5.74) is 0.610. The van der Waals surface area contributed by atoms with Gasteiger partial charge in [0.1, 0.15) is 12.4 Å². The number of hydrogen-bond donors (Lipinski definition) is 2. The Labute approximate surface area is 128 Å². The first kappa shape index (κ1) is 16.1. The molecule has 0 heterocycles. The average Bonchev–Trinajstić information content (AvgIpc) is 2.53. The van der Waals surface area contributed by atoms with Crippen molar-refractivity contribution in [3.05, 3.63) is 47.5 Å². The second-order valence-electron chi connectivity index (χ2n) is 4.93. The number of ether oxygens (including phenoxy) is 1. The molecule has 0 bridgehead atoms. The fourth-order valence-electron chi connectivity index (χ4n) is 2.44. The highest BCUT2D eigenvalue weighted by molar-refractivity contribution is 5.93. The summed E-state index contributed by atoms with van der Waals surface area (Å²) in [6.07, 6.45) is -2.40. The van der Waals surface area contributed by atoms with Crippen molar-refractivity contribution >= 4 is 23.0 Å². The van der Waals surface area contributed by atoms with Gasteiger partial charge in [-0.15, -0.1) is 0 Å². The highest BCUT2D eigenvalue weighted by Crippen LogP contribution is 2.30. The third-order valence-electron chi connectivity index (χ3n) is 3.47. The molecule has 0 fully saturated rings. The van der Waals surface area contributed by atoms with E-state index in [1.54, 1.807) is 31.2 Å². The SMILES string of the molecule is CCOC(=O)CC(O)C(O)c1c(C=O)ccc2ccccc12. The zero-order chi connectivity index (χ0) is 16.1. The van der Waals surface area contributed by atoms with Crippen LogP contribution in [0, 0.1) is 0 Å². The van der Waals surface area contributed by atoms with Crippen molar-refractivity contribution in [1.29, 1.82) is 0 Å². The molecule has 5 heteroatoms. The molecule has 2 aromatic rings. The maximum absolute atomic E-state index is 11.4. The Bertz CT molecular complexity index is 680. The summed E-state index contributed by atoms with van der Waals surface area (Å²) in [7, 11) is 0. The van der Waals surface area contributed by atoms with Crippen molar-refractivity contribution in [2.45, 2.75) is 25.6 Å². The van der Waals surface area contributed by atoms with Crippen LogP contribution in [0.3, 0.4) is 0 Å². The summed E-state index contributed by atoms with van der Waals surface area (Å²) in [6.45, 7) is 1.87. The molecule has 0 aliphatic rings. The molecule has 2 unspecified atom stereocenters. The van der Waals surface area contributed by atoms with Crippen LogP contribution in [0.4, 0.5) is 0 Å². The maximum Gasteiger partial charge on any atom is 0.308 e. The summed E-state index contributed by atoms with van der Waals surface area (Å²) < 4.78 is 4.76. The van der Waals surface area contributed by atoms with E-state index >= 15 is 0 Å². The summed E-state index contributed by atoms with van der Waals surface area (Å²) in [5, 5.41) is 22.0. The van der Waals surface area contributed by atoms with E-state index in [-0.39, 0.29) is 18.6 Å². The van der Waals surface area contributed by atoms with Gasteiger partial charge in [-0.05, 0) is 17.7 Å². The fraction of sp³-hybridized carbons (Fsp3) is 0.294. The number of carbonyl (C=O) groups is 2. The van der Waals surface area contributed by atoms with Crippen molar-refractivity contribution in [2.75, 3.05) is 6.61 Å². The van der Waals surface area contributed by atoms with Crippen LogP contribution in [0.2, 0.25) is 0 Å². The molecule has 116 valence electrons. The second kappa shape index (κ2) is 7.15. The summed E-state index contributed by atoms with van der Waals surface area (Å²) in [4.78, 5) is 22.7. The lowest BCUT2D eigenvalue weighted by Gasteiger charge is -2.20. The number of carbonyl (C=O) groups excluding carboxylic acids is 2. The first-order valence-corrected chi connectivity index (χ1v) is 7.07. The van der Waals surface area contributed by atoms with Crippen LogP contribution in [0.25, 0.3) is 10.8 Å². The van der Waals surface area contributed by atoms with Gasteiger partial charge in [0, 0.05) is 11.1 Å². The standard InChI is InChI=1S/C17H18O5/c1-2-22-15(20)9-14(19)17(21)16-12(10-18)8-7-11-5-3-4-6-13(11)16/h3-8,10,14,17,19,21H,2,9H2,1H3. The van der Waals surface area contributed by atoms with Crippen LogP contribution >= 0.6 is 0 Å². The van der Waals surface area contributed by atoms with Crippen molar-refractivity contribution in [2.24, 2.45) is 0 Å². The van der Waals surface area contributed by atoms with Gasteiger partial charge in [-0.1, -0.05) is 36.4 Å². The molecule has 22 heavy (non-hydrogen) atoms. The van der Waals surface area contributed by atoms with E-state index in [0.29, 0.717) is 17.2 Å². The number of esters is 1. The molecule has 0 amide bonds. The van der Waals surface area contributed by atoms with Gasteiger partial charge < -0.3 is 14.9 Å². The Balaban J connectivity index is 2.39. The molecule has 0 saturated carbocycles. The first-order chi connectivity index (χ1) is 10.6. The van der Waals surface area contributed by atoms with Gasteiger partial charge in [-0.2, -0.15) is 0 Å². The first-order valence-electron chi connectivity index (χ1n) is 7.07. The van der Waals surface area contributed by atoms with E-state index in [0.717, 1.165) is 5.39 Å². The Hall–Kier alpha value is -2.24. The molecule has 0 spiro atoms. The van der Waals surface area contributed by atoms with E-state index in [2.05, 4.69) is 0 Å². The molecular formula is C17H18O5. The number of rotatable bonds is 6. The number of hydrogen-bond acceptors (Lipinski definition) is 5. The highest BCUT2D eigenvalue weighted by Gasteiger charge is 2.25. The minimum atomic E-state index is -1.35. The molecule has 0 aliphatic carbocycles. The van der Waals surface area contributed by atoms with E-state index < -0.39 is 18.2 Å². The lowest BCUT2D eigenvalue weighted by Crippen LogP contribution is -2.24. The van der Waals surface area contributed by atoms with Crippen LogP contribution in [0.5, 0.6) is 0 Å². The highest BCUT2D eigenvalue weighted by atomic mass is 16.5. The normalized spacial score (nSPS) is 13.6. The van der Waals surface area contributed by atoms with Crippen LogP contribution in [-0.2, 0) is 9.53 Å². The van der Waals surface area contributed by atoms with Crippen molar-refractivity contribution in [1.82, 2.24) is 0 Å². The van der Waals surface area contributed by atoms with Crippen LogP contribution in [0.15, 0.2) is 36.4 Å². The summed E-state index contributed by atoms with van der Waals surface area (Å²) in [5.74, 6) is -0.595. The third-order valence-corrected chi connectivity index (χ3v) is 3.47. The van der Waals surface area contributed by atoms with Crippen LogP contribution in [-0.4, -0.2) is 35.2 Å². The Morgan fingerprint density at radius 1 is 1.23 bits per heavy atom. The monoisotopic (exact) mass is 302 g/mol. The number of aldehydes is 1. The van der Waals surface area contributed by atoms with Gasteiger partial charge in [0.25, 0.3) is 0 Å². The Kier molecular flexibility index (Phi) is 5.25. The fourth-order valence-corrected chi connectivity index (χ4v) is 2.44. The third kappa shape index (κ3) is 3.32. The van der Waals surface area contributed by atoms with Gasteiger partial charge in [0.05, 0.1) is 19.1 Å². The molecule has 2 N–H and O–H groups in total. The van der Waals surface area contributed by atoms with Gasteiger partial charge in [-0.3, -0.25) is 9.59 Å². The van der Waals surface area contributed by atoms with Crippen molar-refractivity contribution < 1.29 is 24.5 Å². The molecule has 0 radical (unpaired) electrons. The molecule has 0 aromatic heterocycles. The van der Waals surface area contributed by atoms with E-state index in [1.165, 1.54) is 0 Å². The van der Waals surface area contributed by atoms with E-state index in [1.807, 2.05) is 12.1 Å². The van der Waals surface area contributed by atoms with E-state index in [9.17, 15) is 19.8 Å².